The van der Waals surface area contributed by atoms with Gasteiger partial charge in [-0.15, -0.1) is 0 Å². The smallest absolute Gasteiger partial charge is 0.315 e. The number of urea groups is 1. The Morgan fingerprint density at radius 2 is 2.26 bits per heavy atom. The quantitative estimate of drug-likeness (QED) is 0.787. The van der Waals surface area contributed by atoms with E-state index in [2.05, 4.69) is 25.7 Å². The highest BCUT2D eigenvalue weighted by atomic mass is 32.2. The fourth-order valence-electron chi connectivity index (χ4n) is 2.31. The summed E-state index contributed by atoms with van der Waals surface area (Å²) in [5.74, 6) is 0.770. The van der Waals surface area contributed by atoms with Crippen LogP contribution in [0.4, 0.5) is 4.79 Å². The molecule has 0 bridgehead atoms. The molecule has 0 radical (unpaired) electrons. The van der Waals surface area contributed by atoms with E-state index in [1.807, 2.05) is 6.07 Å². The van der Waals surface area contributed by atoms with Gasteiger partial charge < -0.3 is 10.6 Å². The normalized spacial score (nSPS) is 19.4. The molecule has 0 unspecified atom stereocenters. The maximum atomic E-state index is 11.8. The number of nitrogens with one attached hydrogen (secondary N) is 2. The minimum Gasteiger partial charge on any atom is -0.334 e. The molecule has 1 atom stereocenters. The second kappa shape index (κ2) is 6.32. The van der Waals surface area contributed by atoms with Crippen molar-refractivity contribution in [2.45, 2.75) is 19.0 Å². The van der Waals surface area contributed by atoms with E-state index in [9.17, 15) is 13.2 Å². The number of carbonyl (C=O) groups is 1. The van der Waals surface area contributed by atoms with Gasteiger partial charge in [0.15, 0.2) is 15.7 Å². The lowest BCUT2D eigenvalue weighted by molar-refractivity contribution is 0.237. The van der Waals surface area contributed by atoms with E-state index >= 15 is 0 Å². The monoisotopic (exact) mass is 336 g/mol. The predicted octanol–water partition coefficient (Wildman–Crippen LogP) is -0.351. The molecular weight excluding hydrogens is 320 g/mol. The van der Waals surface area contributed by atoms with Gasteiger partial charge in [-0.05, 0) is 18.1 Å². The van der Waals surface area contributed by atoms with Crippen molar-refractivity contribution in [2.75, 3.05) is 11.5 Å². The van der Waals surface area contributed by atoms with Gasteiger partial charge in [-0.2, -0.15) is 5.10 Å². The minimum atomic E-state index is -3.00. The first-order valence-electron chi connectivity index (χ1n) is 7.06. The van der Waals surface area contributed by atoms with Crippen molar-refractivity contribution in [1.82, 2.24) is 30.4 Å². The summed E-state index contributed by atoms with van der Waals surface area (Å²) in [6, 6.07) is 2.90. The number of aromatic nitrogens is 4. The Bertz CT molecular complexity index is 773. The number of rotatable bonds is 4. The van der Waals surface area contributed by atoms with Crippen LogP contribution in [0.2, 0.25) is 0 Å². The number of pyridine rings is 1. The molecular formula is C13H16N6O3S. The molecule has 2 amide bonds. The highest BCUT2D eigenvalue weighted by molar-refractivity contribution is 7.91. The first kappa shape index (κ1) is 15.4. The number of amides is 2. The average molecular weight is 336 g/mol. The number of hydrogen-bond donors (Lipinski definition) is 2. The van der Waals surface area contributed by atoms with Crippen LogP contribution in [0.15, 0.2) is 31.0 Å². The SMILES string of the molecule is O=C(NCc1ccc(-n2cncn2)nc1)N[C@H]1CCS(=O)(=O)C1. The topological polar surface area (TPSA) is 119 Å². The largest absolute Gasteiger partial charge is 0.334 e. The lowest BCUT2D eigenvalue weighted by atomic mass is 10.2. The van der Waals surface area contributed by atoms with Crippen molar-refractivity contribution in [3.8, 4) is 5.82 Å². The second-order valence-corrected chi connectivity index (χ2v) is 7.52. The Balaban J connectivity index is 1.49. The number of carbonyl (C=O) groups excluding carboxylic acids is 1. The molecule has 0 aromatic carbocycles. The third kappa shape index (κ3) is 4.03. The van der Waals surface area contributed by atoms with E-state index in [0.29, 0.717) is 18.8 Å². The standard InChI is InChI=1S/C13H16N6O3S/c20-13(18-11-3-4-23(21,22)7-11)16-6-10-1-2-12(15-5-10)19-9-14-8-17-19/h1-2,5,8-9,11H,3-4,6-7H2,(H2,16,18,20)/t11-/m0/s1. The molecule has 1 saturated heterocycles. The van der Waals surface area contributed by atoms with E-state index in [-0.39, 0.29) is 23.6 Å². The van der Waals surface area contributed by atoms with Crippen molar-refractivity contribution in [2.24, 2.45) is 0 Å². The second-order valence-electron chi connectivity index (χ2n) is 5.29. The molecule has 1 aliphatic rings. The Morgan fingerprint density at radius 3 is 2.87 bits per heavy atom. The third-order valence-corrected chi connectivity index (χ3v) is 5.25. The van der Waals surface area contributed by atoms with Gasteiger partial charge >= 0.3 is 6.03 Å². The van der Waals surface area contributed by atoms with Crippen molar-refractivity contribution in [3.63, 3.8) is 0 Å². The van der Waals surface area contributed by atoms with Crippen LogP contribution in [0.5, 0.6) is 0 Å². The molecule has 2 N–H and O–H groups in total. The molecule has 10 heteroatoms. The Morgan fingerprint density at radius 1 is 1.39 bits per heavy atom. The number of hydrogen-bond acceptors (Lipinski definition) is 6. The van der Waals surface area contributed by atoms with Crippen molar-refractivity contribution in [3.05, 3.63) is 36.5 Å². The molecule has 23 heavy (non-hydrogen) atoms. The van der Waals surface area contributed by atoms with Gasteiger partial charge in [0.25, 0.3) is 0 Å². The summed E-state index contributed by atoms with van der Waals surface area (Å²) in [5.41, 5.74) is 0.822. The van der Waals surface area contributed by atoms with Crippen LogP contribution < -0.4 is 10.6 Å². The zero-order valence-electron chi connectivity index (χ0n) is 12.2. The van der Waals surface area contributed by atoms with Gasteiger partial charge in [0.2, 0.25) is 0 Å². The van der Waals surface area contributed by atoms with Crippen molar-refractivity contribution >= 4 is 15.9 Å². The van der Waals surface area contributed by atoms with Crippen LogP contribution >= 0.6 is 0 Å². The summed E-state index contributed by atoms with van der Waals surface area (Å²) in [6.45, 7) is 0.302. The molecule has 1 fully saturated rings. The van der Waals surface area contributed by atoms with Gasteiger partial charge in [0.1, 0.15) is 12.7 Å². The average Bonchev–Trinajstić information content (AvgIpc) is 3.15. The minimum absolute atomic E-state index is 0.00851. The van der Waals surface area contributed by atoms with Crippen LogP contribution in [-0.4, -0.2) is 51.7 Å². The molecule has 2 aromatic rings. The number of nitrogens with zero attached hydrogens (tertiary/aromatic N) is 4. The molecule has 3 rings (SSSR count). The maximum Gasteiger partial charge on any atom is 0.315 e. The van der Waals surface area contributed by atoms with Crippen LogP contribution in [0.25, 0.3) is 5.82 Å². The van der Waals surface area contributed by atoms with Gasteiger partial charge in [0, 0.05) is 18.8 Å². The zero-order valence-corrected chi connectivity index (χ0v) is 13.0. The van der Waals surface area contributed by atoms with E-state index < -0.39 is 9.84 Å². The molecule has 2 aromatic heterocycles. The van der Waals surface area contributed by atoms with E-state index in [4.69, 9.17) is 0 Å². The first-order valence-corrected chi connectivity index (χ1v) is 8.89. The summed E-state index contributed by atoms with van der Waals surface area (Å²) in [5, 5.41) is 9.33. The van der Waals surface area contributed by atoms with Crippen LogP contribution in [0.1, 0.15) is 12.0 Å². The number of sulfone groups is 1. The first-order chi connectivity index (χ1) is 11.0. The molecule has 0 spiro atoms. The molecule has 0 aliphatic carbocycles. The van der Waals surface area contributed by atoms with E-state index in [0.717, 1.165) is 5.56 Å². The van der Waals surface area contributed by atoms with E-state index in [1.165, 1.54) is 11.0 Å². The predicted molar refractivity (Wildman–Crippen MR) is 81.6 cm³/mol. The van der Waals surface area contributed by atoms with Gasteiger partial charge in [-0.1, -0.05) is 6.07 Å². The lowest BCUT2D eigenvalue weighted by Crippen LogP contribution is -2.42. The Hall–Kier alpha value is -2.49. The third-order valence-electron chi connectivity index (χ3n) is 3.48. The van der Waals surface area contributed by atoms with Crippen LogP contribution in [0, 0.1) is 0 Å². The summed E-state index contributed by atoms with van der Waals surface area (Å²) in [4.78, 5) is 19.9. The highest BCUT2D eigenvalue weighted by Gasteiger charge is 2.28. The highest BCUT2D eigenvalue weighted by Crippen LogP contribution is 2.11. The molecule has 0 saturated carbocycles. The molecule has 9 nitrogen and oxygen atoms in total. The summed E-state index contributed by atoms with van der Waals surface area (Å²) >= 11 is 0. The fraction of sp³-hybridized carbons (Fsp3) is 0.385. The van der Waals surface area contributed by atoms with Gasteiger partial charge in [-0.3, -0.25) is 0 Å². The lowest BCUT2D eigenvalue weighted by Gasteiger charge is -2.12. The summed E-state index contributed by atoms with van der Waals surface area (Å²) in [7, 11) is -3.00. The van der Waals surface area contributed by atoms with Crippen molar-refractivity contribution in [1.29, 1.82) is 0 Å². The zero-order chi connectivity index (χ0) is 16.3. The van der Waals surface area contributed by atoms with Gasteiger partial charge in [-0.25, -0.2) is 27.9 Å². The molecule has 3 heterocycles. The Kier molecular flexibility index (Phi) is 4.24. The fourth-order valence-corrected chi connectivity index (χ4v) is 3.98. The van der Waals surface area contributed by atoms with E-state index in [1.54, 1.807) is 18.6 Å². The summed E-state index contributed by atoms with van der Waals surface area (Å²) in [6.07, 6.45) is 5.06. The van der Waals surface area contributed by atoms with Gasteiger partial charge in [0.05, 0.1) is 11.5 Å². The summed E-state index contributed by atoms with van der Waals surface area (Å²) < 4.78 is 24.2. The Labute approximate surface area is 133 Å². The molecule has 1 aliphatic heterocycles. The maximum absolute atomic E-state index is 11.8. The molecule has 122 valence electrons. The van der Waals surface area contributed by atoms with Crippen LogP contribution in [0.3, 0.4) is 0 Å². The van der Waals surface area contributed by atoms with Crippen LogP contribution in [-0.2, 0) is 16.4 Å². The van der Waals surface area contributed by atoms with Crippen molar-refractivity contribution < 1.29 is 13.2 Å².